The molecule has 0 unspecified atom stereocenters. The average molecular weight is 227 g/mol. The standard InChI is InChI=1S/C13H25NO2/c1-3-9-12(15)10-7-5-6-8-11-13(16)14-4-2/h3-11H2,1-2H3,(H,14,16). The molecule has 0 heterocycles. The molecule has 0 atom stereocenters. The summed E-state index contributed by atoms with van der Waals surface area (Å²) in [7, 11) is 0. The van der Waals surface area contributed by atoms with Gasteiger partial charge in [-0.25, -0.2) is 0 Å². The van der Waals surface area contributed by atoms with Crippen LogP contribution in [0.1, 0.15) is 65.2 Å². The number of unbranched alkanes of at least 4 members (excludes halogenated alkanes) is 3. The molecule has 0 bridgehead atoms. The average Bonchev–Trinajstić information content (AvgIpc) is 2.24. The summed E-state index contributed by atoms with van der Waals surface area (Å²) in [5.41, 5.74) is 0. The number of Topliss-reactive ketones (excluding diaryl/α,β-unsaturated/α-hetero) is 1. The SMILES string of the molecule is CCCC(=O)CCCCCCC(=O)NCC. The molecule has 3 nitrogen and oxygen atoms in total. The van der Waals surface area contributed by atoms with E-state index in [0.717, 1.165) is 44.9 Å². The van der Waals surface area contributed by atoms with Gasteiger partial charge in [-0.05, 0) is 26.2 Å². The first kappa shape index (κ1) is 15.1. The van der Waals surface area contributed by atoms with Crippen LogP contribution < -0.4 is 5.32 Å². The molecule has 0 saturated heterocycles. The molecule has 0 spiro atoms. The highest BCUT2D eigenvalue weighted by atomic mass is 16.1. The Balaban J connectivity index is 3.21. The summed E-state index contributed by atoms with van der Waals surface area (Å²) < 4.78 is 0. The highest BCUT2D eigenvalue weighted by Gasteiger charge is 2.01. The van der Waals surface area contributed by atoms with E-state index in [9.17, 15) is 9.59 Å². The molecule has 94 valence electrons. The van der Waals surface area contributed by atoms with Gasteiger partial charge in [0.2, 0.25) is 5.91 Å². The van der Waals surface area contributed by atoms with Gasteiger partial charge in [0.1, 0.15) is 5.78 Å². The van der Waals surface area contributed by atoms with Crippen molar-refractivity contribution in [2.24, 2.45) is 0 Å². The van der Waals surface area contributed by atoms with Crippen LogP contribution in [0.15, 0.2) is 0 Å². The van der Waals surface area contributed by atoms with Crippen LogP contribution in [-0.4, -0.2) is 18.2 Å². The maximum atomic E-state index is 11.2. The molecular weight excluding hydrogens is 202 g/mol. The number of hydrogen-bond donors (Lipinski definition) is 1. The van der Waals surface area contributed by atoms with Crippen LogP contribution in [0.5, 0.6) is 0 Å². The summed E-state index contributed by atoms with van der Waals surface area (Å²) in [6.45, 7) is 4.67. The first-order valence-corrected chi connectivity index (χ1v) is 6.49. The molecule has 0 aliphatic rings. The Morgan fingerprint density at radius 3 is 2.06 bits per heavy atom. The van der Waals surface area contributed by atoms with E-state index >= 15 is 0 Å². The lowest BCUT2D eigenvalue weighted by Crippen LogP contribution is -2.21. The molecular formula is C13H25NO2. The monoisotopic (exact) mass is 227 g/mol. The summed E-state index contributed by atoms with van der Waals surface area (Å²) >= 11 is 0. The van der Waals surface area contributed by atoms with Crippen LogP contribution in [-0.2, 0) is 9.59 Å². The highest BCUT2D eigenvalue weighted by molar-refractivity contribution is 5.78. The van der Waals surface area contributed by atoms with Crippen molar-refractivity contribution < 1.29 is 9.59 Å². The molecule has 0 radical (unpaired) electrons. The van der Waals surface area contributed by atoms with E-state index in [1.807, 2.05) is 13.8 Å². The lowest BCUT2D eigenvalue weighted by atomic mass is 10.1. The van der Waals surface area contributed by atoms with E-state index in [4.69, 9.17) is 0 Å². The van der Waals surface area contributed by atoms with Crippen LogP contribution >= 0.6 is 0 Å². The Morgan fingerprint density at radius 1 is 0.875 bits per heavy atom. The molecule has 16 heavy (non-hydrogen) atoms. The fourth-order valence-corrected chi connectivity index (χ4v) is 1.65. The lowest BCUT2D eigenvalue weighted by molar-refractivity contribution is -0.121. The minimum absolute atomic E-state index is 0.143. The Labute approximate surface area is 99.0 Å². The normalized spacial score (nSPS) is 10.1. The minimum atomic E-state index is 0.143. The molecule has 0 saturated carbocycles. The Hall–Kier alpha value is -0.860. The van der Waals surface area contributed by atoms with Gasteiger partial charge >= 0.3 is 0 Å². The van der Waals surface area contributed by atoms with Crippen molar-refractivity contribution >= 4 is 11.7 Å². The smallest absolute Gasteiger partial charge is 0.219 e. The number of ketones is 1. The van der Waals surface area contributed by atoms with Crippen molar-refractivity contribution in [2.75, 3.05) is 6.54 Å². The van der Waals surface area contributed by atoms with Gasteiger partial charge < -0.3 is 5.32 Å². The Morgan fingerprint density at radius 2 is 1.50 bits per heavy atom. The number of hydrogen-bond acceptors (Lipinski definition) is 2. The molecule has 0 aromatic rings. The van der Waals surface area contributed by atoms with Crippen LogP contribution in [0.25, 0.3) is 0 Å². The molecule has 0 aliphatic carbocycles. The minimum Gasteiger partial charge on any atom is -0.356 e. The van der Waals surface area contributed by atoms with E-state index in [2.05, 4.69) is 5.32 Å². The summed E-state index contributed by atoms with van der Waals surface area (Å²) in [6.07, 6.45) is 7.05. The molecule has 0 rings (SSSR count). The fourth-order valence-electron chi connectivity index (χ4n) is 1.65. The van der Waals surface area contributed by atoms with Gasteiger partial charge in [0.15, 0.2) is 0 Å². The Bertz CT molecular complexity index is 180. The van der Waals surface area contributed by atoms with Gasteiger partial charge in [-0.15, -0.1) is 0 Å². The second-order valence-corrected chi connectivity index (χ2v) is 4.16. The summed E-state index contributed by atoms with van der Waals surface area (Å²) in [6, 6.07) is 0. The zero-order chi connectivity index (χ0) is 12.2. The van der Waals surface area contributed by atoms with Gasteiger partial charge in [-0.1, -0.05) is 19.8 Å². The van der Waals surface area contributed by atoms with Gasteiger partial charge in [0, 0.05) is 25.8 Å². The van der Waals surface area contributed by atoms with Crippen molar-refractivity contribution in [2.45, 2.75) is 65.2 Å². The van der Waals surface area contributed by atoms with Crippen LogP contribution in [0.2, 0.25) is 0 Å². The number of carbonyl (C=O) groups is 2. The van der Waals surface area contributed by atoms with Crippen molar-refractivity contribution in [3.63, 3.8) is 0 Å². The van der Waals surface area contributed by atoms with E-state index < -0.39 is 0 Å². The predicted molar refractivity (Wildman–Crippen MR) is 66.3 cm³/mol. The summed E-state index contributed by atoms with van der Waals surface area (Å²) in [4.78, 5) is 22.3. The number of carbonyl (C=O) groups excluding carboxylic acids is 2. The van der Waals surface area contributed by atoms with E-state index in [-0.39, 0.29) is 5.91 Å². The number of nitrogens with one attached hydrogen (secondary N) is 1. The summed E-state index contributed by atoms with van der Waals surface area (Å²) in [5, 5.41) is 2.78. The zero-order valence-corrected chi connectivity index (χ0v) is 10.7. The Kier molecular flexibility index (Phi) is 10.1. The molecule has 1 amide bonds. The first-order chi connectivity index (χ1) is 7.70. The zero-order valence-electron chi connectivity index (χ0n) is 10.7. The number of amides is 1. The molecule has 0 fully saturated rings. The molecule has 1 N–H and O–H groups in total. The van der Waals surface area contributed by atoms with Crippen LogP contribution in [0, 0.1) is 0 Å². The van der Waals surface area contributed by atoms with E-state index in [0.29, 0.717) is 18.7 Å². The lowest BCUT2D eigenvalue weighted by Gasteiger charge is -2.02. The maximum absolute atomic E-state index is 11.2. The quantitative estimate of drug-likeness (QED) is 0.583. The molecule has 0 aromatic carbocycles. The second-order valence-electron chi connectivity index (χ2n) is 4.16. The van der Waals surface area contributed by atoms with Crippen LogP contribution in [0.4, 0.5) is 0 Å². The summed E-state index contributed by atoms with van der Waals surface area (Å²) in [5.74, 6) is 0.524. The first-order valence-electron chi connectivity index (χ1n) is 6.49. The van der Waals surface area contributed by atoms with Crippen molar-refractivity contribution in [1.82, 2.24) is 5.32 Å². The topological polar surface area (TPSA) is 46.2 Å². The van der Waals surface area contributed by atoms with Gasteiger partial charge in [-0.2, -0.15) is 0 Å². The molecule has 3 heteroatoms. The highest BCUT2D eigenvalue weighted by Crippen LogP contribution is 2.07. The van der Waals surface area contributed by atoms with Gasteiger partial charge in [0.05, 0.1) is 0 Å². The second kappa shape index (κ2) is 10.7. The van der Waals surface area contributed by atoms with Crippen molar-refractivity contribution in [3.8, 4) is 0 Å². The third kappa shape index (κ3) is 9.69. The van der Waals surface area contributed by atoms with Crippen molar-refractivity contribution in [3.05, 3.63) is 0 Å². The van der Waals surface area contributed by atoms with Crippen LogP contribution in [0.3, 0.4) is 0 Å². The van der Waals surface area contributed by atoms with E-state index in [1.165, 1.54) is 0 Å². The molecule has 0 aromatic heterocycles. The van der Waals surface area contributed by atoms with Crippen molar-refractivity contribution in [1.29, 1.82) is 0 Å². The number of rotatable bonds is 10. The van der Waals surface area contributed by atoms with Gasteiger partial charge in [-0.3, -0.25) is 9.59 Å². The van der Waals surface area contributed by atoms with Gasteiger partial charge in [0.25, 0.3) is 0 Å². The third-order valence-electron chi connectivity index (χ3n) is 2.51. The fraction of sp³-hybridized carbons (Fsp3) is 0.846. The largest absolute Gasteiger partial charge is 0.356 e. The molecule has 0 aliphatic heterocycles. The maximum Gasteiger partial charge on any atom is 0.219 e. The van der Waals surface area contributed by atoms with E-state index in [1.54, 1.807) is 0 Å². The third-order valence-corrected chi connectivity index (χ3v) is 2.51. The predicted octanol–water partition coefficient (Wildman–Crippen LogP) is 2.83.